The van der Waals surface area contributed by atoms with Crippen molar-refractivity contribution < 1.29 is 22.4 Å². The SMILES string of the molecule is COC1(CNC(=O)c2ccoc2)CCN(S(C)(=O)=O)CC1. The second kappa shape index (κ2) is 6.17. The highest BCUT2D eigenvalue weighted by atomic mass is 32.2. The van der Waals surface area contributed by atoms with Gasteiger partial charge in [-0.15, -0.1) is 0 Å². The molecule has 1 aromatic rings. The van der Waals surface area contributed by atoms with Crippen LogP contribution in [0.1, 0.15) is 23.2 Å². The molecule has 1 aromatic heterocycles. The lowest BCUT2D eigenvalue weighted by atomic mass is 9.92. The van der Waals surface area contributed by atoms with Crippen molar-refractivity contribution in [3.8, 4) is 0 Å². The normalized spacial score (nSPS) is 19.3. The molecule has 0 spiro atoms. The molecule has 0 radical (unpaired) electrons. The molecule has 1 saturated heterocycles. The molecule has 0 atom stereocenters. The van der Waals surface area contributed by atoms with E-state index in [-0.39, 0.29) is 5.91 Å². The molecule has 21 heavy (non-hydrogen) atoms. The fourth-order valence-corrected chi connectivity index (χ4v) is 3.26. The van der Waals surface area contributed by atoms with Crippen LogP contribution in [0.3, 0.4) is 0 Å². The van der Waals surface area contributed by atoms with E-state index in [1.807, 2.05) is 0 Å². The Balaban J connectivity index is 1.93. The van der Waals surface area contributed by atoms with Crippen molar-refractivity contribution in [1.29, 1.82) is 0 Å². The smallest absolute Gasteiger partial charge is 0.254 e. The molecule has 2 heterocycles. The molecule has 1 aliphatic rings. The van der Waals surface area contributed by atoms with E-state index in [1.165, 1.54) is 23.1 Å². The Morgan fingerprint density at radius 1 is 1.48 bits per heavy atom. The van der Waals surface area contributed by atoms with Crippen LogP contribution in [0.25, 0.3) is 0 Å². The summed E-state index contributed by atoms with van der Waals surface area (Å²) < 4.78 is 34.9. The molecule has 1 N–H and O–H groups in total. The van der Waals surface area contributed by atoms with Gasteiger partial charge in [0.2, 0.25) is 10.0 Å². The largest absolute Gasteiger partial charge is 0.472 e. The van der Waals surface area contributed by atoms with Gasteiger partial charge in [0, 0.05) is 26.7 Å². The number of rotatable bonds is 5. The van der Waals surface area contributed by atoms with Gasteiger partial charge in [0.05, 0.1) is 23.7 Å². The van der Waals surface area contributed by atoms with Gasteiger partial charge in [-0.25, -0.2) is 12.7 Å². The lowest BCUT2D eigenvalue weighted by Gasteiger charge is -2.39. The molecule has 1 fully saturated rings. The first-order chi connectivity index (χ1) is 9.86. The summed E-state index contributed by atoms with van der Waals surface area (Å²) in [4.78, 5) is 11.9. The predicted octanol–water partition coefficient (Wildman–Crippen LogP) is 0.450. The Morgan fingerprint density at radius 2 is 2.14 bits per heavy atom. The van der Waals surface area contributed by atoms with E-state index in [0.717, 1.165) is 0 Å². The van der Waals surface area contributed by atoms with Crippen LogP contribution in [-0.2, 0) is 14.8 Å². The number of hydrogen-bond acceptors (Lipinski definition) is 5. The van der Waals surface area contributed by atoms with Crippen molar-refractivity contribution in [2.45, 2.75) is 18.4 Å². The standard InChI is InChI=1S/C13H20N2O5S/c1-19-13(4-6-15(7-5-13)21(2,17)18)10-14-12(16)11-3-8-20-9-11/h3,8-9H,4-7,10H2,1-2H3,(H,14,16). The first kappa shape index (κ1) is 16.0. The van der Waals surface area contributed by atoms with Gasteiger partial charge >= 0.3 is 0 Å². The van der Waals surface area contributed by atoms with E-state index in [0.29, 0.717) is 38.0 Å². The number of furan rings is 1. The highest BCUT2D eigenvalue weighted by Crippen LogP contribution is 2.26. The van der Waals surface area contributed by atoms with Gasteiger partial charge in [0.15, 0.2) is 0 Å². The Hall–Kier alpha value is -1.38. The van der Waals surface area contributed by atoms with Crippen LogP contribution in [0.4, 0.5) is 0 Å². The molecule has 1 amide bonds. The second-order valence-corrected chi connectivity index (χ2v) is 7.23. The monoisotopic (exact) mass is 316 g/mol. The van der Waals surface area contributed by atoms with Crippen molar-refractivity contribution in [2.75, 3.05) is 33.0 Å². The van der Waals surface area contributed by atoms with Gasteiger partial charge in [-0.3, -0.25) is 4.79 Å². The summed E-state index contributed by atoms with van der Waals surface area (Å²) in [5.74, 6) is -0.231. The number of nitrogens with one attached hydrogen (secondary N) is 1. The molecular formula is C13H20N2O5S. The lowest BCUT2D eigenvalue weighted by Crippen LogP contribution is -2.52. The van der Waals surface area contributed by atoms with Crippen molar-refractivity contribution >= 4 is 15.9 Å². The minimum atomic E-state index is -3.17. The molecule has 0 aliphatic carbocycles. The zero-order valence-electron chi connectivity index (χ0n) is 12.2. The predicted molar refractivity (Wildman–Crippen MR) is 76.4 cm³/mol. The van der Waals surface area contributed by atoms with Gasteiger partial charge in [-0.05, 0) is 18.9 Å². The number of amides is 1. The van der Waals surface area contributed by atoms with Crippen LogP contribution in [0.2, 0.25) is 0 Å². The first-order valence-corrected chi connectivity index (χ1v) is 8.52. The first-order valence-electron chi connectivity index (χ1n) is 6.67. The summed E-state index contributed by atoms with van der Waals surface area (Å²) in [5, 5.41) is 2.81. The topological polar surface area (TPSA) is 88.8 Å². The van der Waals surface area contributed by atoms with Gasteiger partial charge in [-0.1, -0.05) is 0 Å². The number of carbonyl (C=O) groups is 1. The number of methoxy groups -OCH3 is 1. The van der Waals surface area contributed by atoms with Gasteiger partial charge in [-0.2, -0.15) is 0 Å². The third kappa shape index (κ3) is 3.84. The summed E-state index contributed by atoms with van der Waals surface area (Å²) in [5.41, 5.74) is -0.0737. The Kier molecular flexibility index (Phi) is 4.70. The highest BCUT2D eigenvalue weighted by molar-refractivity contribution is 7.88. The Labute approximate surface area is 124 Å². The average molecular weight is 316 g/mol. The van der Waals surface area contributed by atoms with E-state index in [4.69, 9.17) is 9.15 Å². The number of carbonyl (C=O) groups excluding carboxylic acids is 1. The van der Waals surface area contributed by atoms with Crippen molar-refractivity contribution in [2.24, 2.45) is 0 Å². The zero-order chi connectivity index (χ0) is 15.5. The molecule has 118 valence electrons. The third-order valence-corrected chi connectivity index (χ3v) is 5.19. The van der Waals surface area contributed by atoms with Crippen molar-refractivity contribution in [1.82, 2.24) is 9.62 Å². The van der Waals surface area contributed by atoms with Gasteiger partial charge in [0.25, 0.3) is 5.91 Å². The maximum atomic E-state index is 11.9. The summed E-state index contributed by atoms with van der Waals surface area (Å²) >= 11 is 0. The second-order valence-electron chi connectivity index (χ2n) is 5.24. The molecule has 0 saturated carbocycles. The van der Waals surface area contributed by atoms with Crippen LogP contribution in [0, 0.1) is 0 Å². The van der Waals surface area contributed by atoms with E-state index in [2.05, 4.69) is 5.32 Å². The van der Waals surface area contributed by atoms with E-state index in [9.17, 15) is 13.2 Å². The minimum absolute atomic E-state index is 0.231. The summed E-state index contributed by atoms with van der Waals surface area (Å²) in [7, 11) is -1.59. The van der Waals surface area contributed by atoms with Gasteiger partial charge in [0.1, 0.15) is 6.26 Å². The molecule has 0 aromatic carbocycles. The summed E-state index contributed by atoms with van der Waals surface area (Å²) in [6, 6.07) is 1.58. The quantitative estimate of drug-likeness (QED) is 0.852. The van der Waals surface area contributed by atoms with Crippen molar-refractivity contribution in [3.63, 3.8) is 0 Å². The van der Waals surface area contributed by atoms with E-state index >= 15 is 0 Å². The summed E-state index contributed by atoms with van der Waals surface area (Å²) in [6.45, 7) is 1.13. The maximum Gasteiger partial charge on any atom is 0.254 e. The lowest BCUT2D eigenvalue weighted by molar-refractivity contribution is -0.0424. The molecular weight excluding hydrogens is 296 g/mol. The third-order valence-electron chi connectivity index (χ3n) is 3.89. The number of ether oxygens (including phenoxy) is 1. The number of sulfonamides is 1. The average Bonchev–Trinajstić information content (AvgIpc) is 2.98. The molecule has 1 aliphatic heterocycles. The van der Waals surface area contributed by atoms with Crippen LogP contribution in [0.15, 0.2) is 23.0 Å². The van der Waals surface area contributed by atoms with Crippen molar-refractivity contribution in [3.05, 3.63) is 24.2 Å². The molecule has 2 rings (SSSR count). The molecule has 0 bridgehead atoms. The molecule has 7 nitrogen and oxygen atoms in total. The molecule has 0 unspecified atom stereocenters. The van der Waals surface area contributed by atoms with E-state index in [1.54, 1.807) is 13.2 Å². The number of hydrogen-bond donors (Lipinski definition) is 1. The molecule has 8 heteroatoms. The van der Waals surface area contributed by atoms with Crippen LogP contribution in [-0.4, -0.2) is 57.2 Å². The minimum Gasteiger partial charge on any atom is -0.472 e. The Bertz CT molecular complexity index is 574. The van der Waals surface area contributed by atoms with Crippen LogP contribution >= 0.6 is 0 Å². The van der Waals surface area contributed by atoms with Crippen LogP contribution in [0.5, 0.6) is 0 Å². The fraction of sp³-hybridized carbons (Fsp3) is 0.615. The Morgan fingerprint density at radius 3 is 2.62 bits per heavy atom. The zero-order valence-corrected chi connectivity index (χ0v) is 13.0. The number of nitrogens with zero attached hydrogens (tertiary/aromatic N) is 1. The van der Waals surface area contributed by atoms with Gasteiger partial charge < -0.3 is 14.5 Å². The highest BCUT2D eigenvalue weighted by Gasteiger charge is 2.37. The fourth-order valence-electron chi connectivity index (χ4n) is 2.42. The van der Waals surface area contributed by atoms with E-state index < -0.39 is 15.6 Å². The summed E-state index contributed by atoms with van der Waals surface area (Å²) in [6.07, 6.45) is 5.10. The number of piperidine rings is 1. The van der Waals surface area contributed by atoms with Crippen LogP contribution < -0.4 is 5.32 Å². The maximum absolute atomic E-state index is 11.9.